The number of allylic oxidation sites excluding steroid dienone is 2. The number of nitrogens with zero attached hydrogens (tertiary/aromatic N) is 1. The molecular weight excluding hydrogens is 440 g/mol. The van der Waals surface area contributed by atoms with Crippen molar-refractivity contribution < 1.29 is 28.7 Å². The summed E-state index contributed by atoms with van der Waals surface area (Å²) < 4.78 is 16.7. The number of Topliss-reactive ketones (excluding diaryl/α,β-unsaturated/α-hetero) is 1. The summed E-state index contributed by atoms with van der Waals surface area (Å²) in [6, 6.07) is 2.83. The van der Waals surface area contributed by atoms with E-state index in [9.17, 15) is 19.7 Å². The lowest BCUT2D eigenvalue weighted by atomic mass is 9.66. The molecule has 1 N–H and O–H groups in total. The van der Waals surface area contributed by atoms with Crippen LogP contribution >= 0.6 is 0 Å². The Labute approximate surface area is 197 Å². The van der Waals surface area contributed by atoms with Crippen LogP contribution in [-0.2, 0) is 14.3 Å². The minimum absolute atomic E-state index is 0.0525. The molecule has 1 aromatic carbocycles. The van der Waals surface area contributed by atoms with Gasteiger partial charge in [-0.1, -0.05) is 20.4 Å². The van der Waals surface area contributed by atoms with Gasteiger partial charge in [0, 0.05) is 34.9 Å². The van der Waals surface area contributed by atoms with E-state index in [1.165, 1.54) is 12.1 Å². The summed E-state index contributed by atoms with van der Waals surface area (Å²) in [5.41, 5.74) is 1.14. The maximum absolute atomic E-state index is 13.5. The minimum atomic E-state index is -0.983. The van der Waals surface area contributed by atoms with Crippen LogP contribution in [0.3, 0.4) is 0 Å². The van der Waals surface area contributed by atoms with Gasteiger partial charge in [0.25, 0.3) is 5.69 Å². The summed E-state index contributed by atoms with van der Waals surface area (Å²) in [6.07, 6.45) is 4.20. The van der Waals surface area contributed by atoms with Gasteiger partial charge in [-0.25, -0.2) is 0 Å². The minimum Gasteiger partial charge on any atom is -0.462 e. The molecule has 0 amide bonds. The van der Waals surface area contributed by atoms with Crippen LogP contribution in [0.2, 0.25) is 0 Å². The molecule has 1 aromatic rings. The van der Waals surface area contributed by atoms with E-state index in [1.54, 1.807) is 0 Å². The van der Waals surface area contributed by atoms with E-state index in [-0.39, 0.29) is 47.5 Å². The number of nitro groups is 1. The lowest BCUT2D eigenvalue weighted by molar-refractivity contribution is -0.385. The molecule has 1 saturated carbocycles. The van der Waals surface area contributed by atoms with Crippen LogP contribution < -0.4 is 14.8 Å². The second-order valence-corrected chi connectivity index (χ2v) is 10.3. The Morgan fingerprint density at radius 2 is 1.88 bits per heavy atom. The Morgan fingerprint density at radius 1 is 1.21 bits per heavy atom. The topological polar surface area (TPSA) is 117 Å². The molecule has 0 saturated heterocycles. The molecule has 2 atom stereocenters. The van der Waals surface area contributed by atoms with Crippen molar-refractivity contribution in [3.8, 4) is 11.5 Å². The molecule has 0 aromatic heterocycles. The first-order valence-electron chi connectivity index (χ1n) is 11.6. The molecule has 5 rings (SSSR count). The van der Waals surface area contributed by atoms with Gasteiger partial charge < -0.3 is 19.5 Å². The number of fused-ring (bicyclic) bond motifs is 1. The molecular formula is C25H28N2O7. The fraction of sp³-hybridized carbons (Fsp3) is 0.520. The molecule has 0 bridgehead atoms. The predicted octanol–water partition coefficient (Wildman–Crippen LogP) is 4.27. The number of ether oxygens (including phenoxy) is 3. The predicted molar refractivity (Wildman–Crippen MR) is 121 cm³/mol. The van der Waals surface area contributed by atoms with E-state index >= 15 is 0 Å². The summed E-state index contributed by atoms with van der Waals surface area (Å²) in [7, 11) is 0. The zero-order valence-electron chi connectivity index (χ0n) is 19.3. The SMILES string of the molecule is C=C1NC2=C(C(=O)CC(C)(C)C2)C(c2cc3c(cc2[N+](=O)[O-])OCO3)C1C(=O)OC1CCCC1. The monoisotopic (exact) mass is 468 g/mol. The normalized spacial score (nSPS) is 25.7. The van der Waals surface area contributed by atoms with Gasteiger partial charge in [0.15, 0.2) is 17.3 Å². The molecule has 2 unspecified atom stereocenters. The van der Waals surface area contributed by atoms with Gasteiger partial charge in [0.1, 0.15) is 12.0 Å². The van der Waals surface area contributed by atoms with Crippen molar-refractivity contribution in [1.29, 1.82) is 0 Å². The molecule has 180 valence electrons. The molecule has 0 spiro atoms. The number of carbonyl (C=O) groups is 2. The van der Waals surface area contributed by atoms with Crippen molar-refractivity contribution in [3.05, 3.63) is 51.4 Å². The second-order valence-electron chi connectivity index (χ2n) is 10.3. The number of carbonyl (C=O) groups excluding carboxylic acids is 2. The summed E-state index contributed by atoms with van der Waals surface area (Å²) in [4.78, 5) is 38.5. The van der Waals surface area contributed by atoms with Crippen LogP contribution in [0.4, 0.5) is 5.69 Å². The Hall–Kier alpha value is -3.36. The molecule has 9 nitrogen and oxygen atoms in total. The van der Waals surface area contributed by atoms with Crippen LogP contribution in [0.1, 0.15) is 63.9 Å². The molecule has 2 heterocycles. The largest absolute Gasteiger partial charge is 0.462 e. The number of nitro benzene ring substituents is 1. The van der Waals surface area contributed by atoms with Crippen LogP contribution in [0.5, 0.6) is 11.5 Å². The Bertz CT molecular complexity index is 1130. The van der Waals surface area contributed by atoms with E-state index in [0.717, 1.165) is 25.7 Å². The van der Waals surface area contributed by atoms with E-state index in [2.05, 4.69) is 11.9 Å². The van der Waals surface area contributed by atoms with Crippen molar-refractivity contribution in [2.24, 2.45) is 11.3 Å². The van der Waals surface area contributed by atoms with Gasteiger partial charge in [0.2, 0.25) is 6.79 Å². The van der Waals surface area contributed by atoms with Crippen LogP contribution in [0, 0.1) is 21.4 Å². The molecule has 4 aliphatic rings. The maximum Gasteiger partial charge on any atom is 0.316 e. The molecule has 34 heavy (non-hydrogen) atoms. The number of ketones is 1. The fourth-order valence-electron chi connectivity index (χ4n) is 5.66. The Balaban J connectivity index is 1.67. The molecule has 2 aliphatic heterocycles. The number of benzene rings is 1. The smallest absolute Gasteiger partial charge is 0.316 e. The number of rotatable bonds is 4. The van der Waals surface area contributed by atoms with Gasteiger partial charge in [-0.05, 0) is 43.6 Å². The molecule has 9 heteroatoms. The van der Waals surface area contributed by atoms with Gasteiger partial charge >= 0.3 is 5.97 Å². The highest BCUT2D eigenvalue weighted by molar-refractivity contribution is 6.01. The number of esters is 1. The highest BCUT2D eigenvalue weighted by Crippen LogP contribution is 2.52. The third-order valence-corrected chi connectivity index (χ3v) is 7.14. The van der Waals surface area contributed by atoms with E-state index in [1.807, 2.05) is 13.8 Å². The average molecular weight is 469 g/mol. The van der Waals surface area contributed by atoms with Crippen molar-refractivity contribution >= 4 is 17.4 Å². The number of nitrogens with one attached hydrogen (secondary N) is 1. The van der Waals surface area contributed by atoms with Gasteiger partial charge in [-0.3, -0.25) is 19.7 Å². The highest BCUT2D eigenvalue weighted by Gasteiger charge is 2.49. The van der Waals surface area contributed by atoms with E-state index < -0.39 is 22.7 Å². The molecule has 0 radical (unpaired) electrons. The van der Waals surface area contributed by atoms with Crippen molar-refractivity contribution in [1.82, 2.24) is 5.32 Å². The van der Waals surface area contributed by atoms with Gasteiger partial charge in [-0.15, -0.1) is 0 Å². The van der Waals surface area contributed by atoms with Crippen LogP contribution in [0.15, 0.2) is 35.7 Å². The first-order chi connectivity index (χ1) is 16.1. The summed E-state index contributed by atoms with van der Waals surface area (Å²) in [6.45, 7) is 8.04. The quantitative estimate of drug-likeness (QED) is 0.396. The van der Waals surface area contributed by atoms with Crippen LogP contribution in [-0.4, -0.2) is 29.6 Å². The van der Waals surface area contributed by atoms with Crippen molar-refractivity contribution in [3.63, 3.8) is 0 Å². The first kappa shape index (κ1) is 22.4. The summed E-state index contributed by atoms with van der Waals surface area (Å²) >= 11 is 0. The average Bonchev–Trinajstić information content (AvgIpc) is 3.41. The third kappa shape index (κ3) is 3.82. The Morgan fingerprint density at radius 3 is 2.56 bits per heavy atom. The van der Waals surface area contributed by atoms with E-state index in [0.29, 0.717) is 29.1 Å². The summed E-state index contributed by atoms with van der Waals surface area (Å²) in [5, 5.41) is 15.3. The maximum atomic E-state index is 13.5. The van der Waals surface area contributed by atoms with Gasteiger partial charge in [0.05, 0.1) is 11.0 Å². The van der Waals surface area contributed by atoms with Gasteiger partial charge in [-0.2, -0.15) is 0 Å². The second kappa shape index (κ2) is 8.14. The summed E-state index contributed by atoms with van der Waals surface area (Å²) in [5.74, 6) is -1.94. The first-order valence-corrected chi connectivity index (χ1v) is 11.6. The van der Waals surface area contributed by atoms with Crippen molar-refractivity contribution in [2.45, 2.75) is 64.4 Å². The zero-order valence-corrected chi connectivity index (χ0v) is 19.3. The third-order valence-electron chi connectivity index (χ3n) is 7.14. The molecule has 1 fully saturated rings. The lowest BCUT2D eigenvalue weighted by Gasteiger charge is -2.42. The number of hydrogen-bond donors (Lipinski definition) is 1. The highest BCUT2D eigenvalue weighted by atomic mass is 16.7. The zero-order chi connectivity index (χ0) is 24.2. The van der Waals surface area contributed by atoms with Crippen molar-refractivity contribution in [2.75, 3.05) is 6.79 Å². The van der Waals surface area contributed by atoms with Crippen LogP contribution in [0.25, 0.3) is 0 Å². The Kier molecular flexibility index (Phi) is 5.37. The number of hydrogen-bond acceptors (Lipinski definition) is 8. The fourth-order valence-corrected chi connectivity index (χ4v) is 5.66. The molecule has 2 aliphatic carbocycles. The lowest BCUT2D eigenvalue weighted by Crippen LogP contribution is -2.44. The standard InChI is InChI=1S/C25H28N2O7/c1-13-21(24(29)34-14-6-4-5-7-14)22(23-16(26-13)10-25(2,3)11-18(23)28)15-8-19-20(33-12-32-19)9-17(15)27(30)31/h8-9,14,21-22,26H,1,4-7,10-12H2,2-3H3. The van der Waals surface area contributed by atoms with E-state index in [4.69, 9.17) is 14.2 Å².